The molecule has 1 saturated heterocycles. The first kappa shape index (κ1) is 16.1. The molecule has 126 valence electrons. The number of aromatic nitrogens is 1. The highest BCUT2D eigenvalue weighted by atomic mass is 79.9. The molecular weight excluding hydrogens is 386 g/mol. The third-order valence-corrected chi connectivity index (χ3v) is 6.37. The van der Waals surface area contributed by atoms with Crippen LogP contribution < -0.4 is 4.90 Å². The molecule has 1 aliphatic carbocycles. The number of piperazine rings is 1. The van der Waals surface area contributed by atoms with Gasteiger partial charge in [-0.1, -0.05) is 28.1 Å². The first-order valence-corrected chi connectivity index (χ1v) is 10.0. The maximum atomic E-state index is 12.8. The van der Waals surface area contributed by atoms with Gasteiger partial charge in [0, 0.05) is 41.9 Å². The van der Waals surface area contributed by atoms with Crippen molar-refractivity contribution >= 4 is 38.3 Å². The van der Waals surface area contributed by atoms with Crippen LogP contribution in [0.1, 0.15) is 23.6 Å². The number of halogens is 1. The van der Waals surface area contributed by atoms with Crippen molar-refractivity contribution in [2.75, 3.05) is 31.1 Å². The zero-order valence-corrected chi connectivity index (χ0v) is 16.0. The Morgan fingerprint density at radius 2 is 2.08 bits per heavy atom. The Morgan fingerprint density at radius 3 is 2.75 bits per heavy atom. The van der Waals surface area contributed by atoms with E-state index in [0.717, 1.165) is 47.9 Å². The average Bonchev–Trinajstić information content (AvgIpc) is 3.28. The molecule has 1 aromatic carbocycles. The maximum absolute atomic E-state index is 12.8. The summed E-state index contributed by atoms with van der Waals surface area (Å²) < 4.78 is 1.09. The van der Waals surface area contributed by atoms with Gasteiger partial charge in [-0.25, -0.2) is 4.98 Å². The van der Waals surface area contributed by atoms with Crippen molar-refractivity contribution < 1.29 is 4.79 Å². The Balaban J connectivity index is 1.34. The Kier molecular flexibility index (Phi) is 4.35. The van der Waals surface area contributed by atoms with Crippen LogP contribution in [0.3, 0.4) is 0 Å². The molecule has 2 aromatic rings. The molecule has 1 amide bonds. The molecule has 0 unspecified atom stereocenters. The summed E-state index contributed by atoms with van der Waals surface area (Å²) in [4.78, 5) is 21.6. The fourth-order valence-corrected chi connectivity index (χ4v) is 4.69. The molecule has 1 saturated carbocycles. The number of carbonyl (C=O) groups excluding carboxylic acids is 1. The van der Waals surface area contributed by atoms with Crippen LogP contribution in [0, 0.1) is 12.8 Å². The molecule has 24 heavy (non-hydrogen) atoms. The van der Waals surface area contributed by atoms with Crippen molar-refractivity contribution in [1.82, 2.24) is 9.88 Å². The lowest BCUT2D eigenvalue weighted by molar-refractivity contribution is -0.132. The number of rotatable bonds is 3. The van der Waals surface area contributed by atoms with Crippen LogP contribution in [0.25, 0.3) is 0 Å². The van der Waals surface area contributed by atoms with Crippen LogP contribution >= 0.6 is 27.3 Å². The van der Waals surface area contributed by atoms with Crippen molar-refractivity contribution in [3.63, 3.8) is 0 Å². The molecule has 2 aliphatic rings. The van der Waals surface area contributed by atoms with Gasteiger partial charge >= 0.3 is 0 Å². The van der Waals surface area contributed by atoms with E-state index in [-0.39, 0.29) is 5.92 Å². The van der Waals surface area contributed by atoms with E-state index in [1.807, 2.05) is 24.0 Å². The second-order valence-electron chi connectivity index (χ2n) is 6.59. The van der Waals surface area contributed by atoms with Gasteiger partial charge in [0.2, 0.25) is 5.91 Å². The summed E-state index contributed by atoms with van der Waals surface area (Å²) in [6.45, 7) is 5.40. The molecule has 4 nitrogen and oxygen atoms in total. The number of carbonyl (C=O) groups is 1. The lowest BCUT2D eigenvalue weighted by Crippen LogP contribution is -2.49. The molecule has 2 fully saturated rings. The van der Waals surface area contributed by atoms with E-state index in [2.05, 4.69) is 43.3 Å². The summed E-state index contributed by atoms with van der Waals surface area (Å²) >= 11 is 5.21. The van der Waals surface area contributed by atoms with E-state index in [1.54, 1.807) is 11.3 Å². The molecule has 2 atom stereocenters. The highest BCUT2D eigenvalue weighted by Crippen LogP contribution is 2.49. The van der Waals surface area contributed by atoms with Crippen LogP contribution in [0.15, 0.2) is 34.1 Å². The van der Waals surface area contributed by atoms with Gasteiger partial charge in [-0.05, 0) is 37.0 Å². The number of thiazole rings is 1. The SMILES string of the molecule is Cc1csc(N2CCN(C(=O)[C@H]3C[C@H]3c3cccc(Br)c3)CC2)n1. The number of anilines is 1. The smallest absolute Gasteiger partial charge is 0.226 e. The summed E-state index contributed by atoms with van der Waals surface area (Å²) in [7, 11) is 0. The number of aryl methyl sites for hydroxylation is 1. The monoisotopic (exact) mass is 405 g/mol. The Hall–Kier alpha value is -1.40. The largest absolute Gasteiger partial charge is 0.345 e. The van der Waals surface area contributed by atoms with E-state index in [1.165, 1.54) is 5.56 Å². The predicted octanol–water partition coefficient (Wildman–Crippen LogP) is 3.67. The van der Waals surface area contributed by atoms with Crippen molar-refractivity contribution in [2.45, 2.75) is 19.3 Å². The first-order valence-electron chi connectivity index (χ1n) is 8.33. The fraction of sp³-hybridized carbons (Fsp3) is 0.444. The molecule has 1 aliphatic heterocycles. The minimum atomic E-state index is 0.174. The van der Waals surface area contributed by atoms with Crippen molar-refractivity contribution in [2.24, 2.45) is 5.92 Å². The van der Waals surface area contributed by atoms with Crippen LogP contribution in [-0.2, 0) is 4.79 Å². The van der Waals surface area contributed by atoms with E-state index in [4.69, 9.17) is 0 Å². The van der Waals surface area contributed by atoms with Crippen LogP contribution in [0.5, 0.6) is 0 Å². The second-order valence-corrected chi connectivity index (χ2v) is 8.34. The van der Waals surface area contributed by atoms with E-state index < -0.39 is 0 Å². The molecule has 2 heterocycles. The summed E-state index contributed by atoms with van der Waals surface area (Å²) in [6, 6.07) is 8.35. The van der Waals surface area contributed by atoms with Crippen molar-refractivity contribution in [3.05, 3.63) is 45.4 Å². The lowest BCUT2D eigenvalue weighted by Gasteiger charge is -2.34. The van der Waals surface area contributed by atoms with E-state index in [0.29, 0.717) is 11.8 Å². The Morgan fingerprint density at radius 1 is 1.29 bits per heavy atom. The number of benzene rings is 1. The highest BCUT2D eigenvalue weighted by Gasteiger charge is 2.46. The van der Waals surface area contributed by atoms with Crippen LogP contribution in [0.4, 0.5) is 5.13 Å². The summed E-state index contributed by atoms with van der Waals surface area (Å²) in [5.74, 6) is 0.901. The van der Waals surface area contributed by atoms with E-state index in [9.17, 15) is 4.79 Å². The fourth-order valence-electron chi connectivity index (χ4n) is 3.41. The van der Waals surface area contributed by atoms with E-state index >= 15 is 0 Å². The maximum Gasteiger partial charge on any atom is 0.226 e. The Labute approximate surface area is 154 Å². The second kappa shape index (κ2) is 6.48. The number of hydrogen-bond acceptors (Lipinski definition) is 4. The zero-order chi connectivity index (χ0) is 16.7. The van der Waals surface area contributed by atoms with Crippen LogP contribution in [-0.4, -0.2) is 42.0 Å². The summed E-state index contributed by atoms with van der Waals surface area (Å²) in [5, 5.41) is 3.16. The number of amides is 1. The number of nitrogens with zero attached hydrogens (tertiary/aromatic N) is 3. The first-order chi connectivity index (χ1) is 11.6. The van der Waals surface area contributed by atoms with Gasteiger partial charge in [0.25, 0.3) is 0 Å². The zero-order valence-electron chi connectivity index (χ0n) is 13.6. The standard InChI is InChI=1S/C18H20BrN3OS/c1-12-11-24-18(20-12)22-7-5-21(6-8-22)17(23)16-10-15(16)13-3-2-4-14(19)9-13/h2-4,9,11,15-16H,5-8,10H2,1H3/t15-,16-/m0/s1. The van der Waals surface area contributed by atoms with Crippen molar-refractivity contribution in [1.29, 1.82) is 0 Å². The van der Waals surface area contributed by atoms with Crippen molar-refractivity contribution in [3.8, 4) is 0 Å². The van der Waals surface area contributed by atoms with Gasteiger partial charge < -0.3 is 9.80 Å². The third kappa shape index (κ3) is 3.22. The molecule has 0 spiro atoms. The topological polar surface area (TPSA) is 36.4 Å². The average molecular weight is 406 g/mol. The van der Waals surface area contributed by atoms with Gasteiger partial charge in [0.05, 0.1) is 5.69 Å². The quantitative estimate of drug-likeness (QED) is 0.781. The van der Waals surface area contributed by atoms with Gasteiger partial charge in [-0.15, -0.1) is 11.3 Å². The molecule has 4 rings (SSSR count). The lowest BCUT2D eigenvalue weighted by atomic mass is 10.1. The Bertz CT molecular complexity index is 754. The number of hydrogen-bond donors (Lipinski definition) is 0. The molecular formula is C18H20BrN3OS. The molecule has 6 heteroatoms. The summed E-state index contributed by atoms with van der Waals surface area (Å²) in [5.41, 5.74) is 2.35. The normalized spacial score (nSPS) is 23.4. The van der Waals surface area contributed by atoms with Gasteiger partial charge in [0.1, 0.15) is 0 Å². The minimum absolute atomic E-state index is 0.174. The van der Waals surface area contributed by atoms with Gasteiger partial charge in [-0.2, -0.15) is 0 Å². The predicted molar refractivity (Wildman–Crippen MR) is 101 cm³/mol. The summed E-state index contributed by atoms with van der Waals surface area (Å²) in [6.07, 6.45) is 0.987. The molecule has 1 aromatic heterocycles. The minimum Gasteiger partial charge on any atom is -0.345 e. The molecule has 0 radical (unpaired) electrons. The van der Waals surface area contributed by atoms with Crippen LogP contribution in [0.2, 0.25) is 0 Å². The molecule has 0 N–H and O–H groups in total. The van der Waals surface area contributed by atoms with Gasteiger partial charge in [0.15, 0.2) is 5.13 Å². The van der Waals surface area contributed by atoms with Gasteiger partial charge in [-0.3, -0.25) is 4.79 Å². The highest BCUT2D eigenvalue weighted by molar-refractivity contribution is 9.10. The third-order valence-electron chi connectivity index (χ3n) is 4.85. The molecule has 0 bridgehead atoms.